The van der Waals surface area contributed by atoms with Gasteiger partial charge in [0, 0.05) is 50.3 Å². The highest BCUT2D eigenvalue weighted by Gasteiger charge is 2.50. The minimum Gasteiger partial charge on any atom is -0.468 e. The minimum atomic E-state index is -0.943. The van der Waals surface area contributed by atoms with Crippen molar-refractivity contribution >= 4 is 33.4 Å². The fraction of sp³-hybridized carbons (Fsp3) is 0.444. The van der Waals surface area contributed by atoms with Crippen LogP contribution in [0.1, 0.15) is 44.1 Å². The number of methoxy groups -OCH3 is 1. The highest BCUT2D eigenvalue weighted by atomic mass is 19.1. The van der Waals surface area contributed by atoms with Gasteiger partial charge in [-0.2, -0.15) is 9.97 Å². The van der Waals surface area contributed by atoms with Crippen LogP contribution in [-0.4, -0.2) is 89.7 Å². The van der Waals surface area contributed by atoms with Gasteiger partial charge in [-0.3, -0.25) is 14.7 Å². The molecule has 0 aliphatic carbocycles. The molecule has 1 N–H and O–H groups in total. The Morgan fingerprint density at radius 2 is 1.98 bits per heavy atom. The number of β-lactam (4-membered cyclic amide) rings is 1. The zero-order valence-corrected chi connectivity index (χ0v) is 27.0. The van der Waals surface area contributed by atoms with Crippen molar-refractivity contribution in [3.63, 3.8) is 0 Å². The van der Waals surface area contributed by atoms with Crippen LogP contribution in [0.25, 0.3) is 32.9 Å². The van der Waals surface area contributed by atoms with Crippen LogP contribution in [0.3, 0.4) is 0 Å². The molecule has 2 aromatic heterocycles. The molecular weight excluding hydrogens is 637 g/mol. The SMILES string of the molecule is C#Cc1c(F)ccc2cc(OCOC)cc(-c3ncc4c(N5CCCC6(CC(=O)N6)C5)nc(OC[C@@]56CCCN5C[C@H](F)C6)nc4c3F)c12. The monoisotopic (exact) mass is 672 g/mol. The Morgan fingerprint density at radius 1 is 1.14 bits per heavy atom. The zero-order valence-electron chi connectivity index (χ0n) is 27.0. The van der Waals surface area contributed by atoms with Crippen molar-refractivity contribution in [1.82, 2.24) is 25.2 Å². The number of rotatable bonds is 8. The molecule has 10 nitrogen and oxygen atoms in total. The number of pyridine rings is 1. The maximum Gasteiger partial charge on any atom is 0.319 e. The molecular formula is C36H35F3N6O4. The van der Waals surface area contributed by atoms with E-state index >= 15 is 8.78 Å². The number of piperidine rings is 1. The number of ether oxygens (including phenoxy) is 3. The number of hydrogen-bond donors (Lipinski definition) is 1. The molecule has 254 valence electrons. The summed E-state index contributed by atoms with van der Waals surface area (Å²) in [6.45, 7) is 2.33. The van der Waals surface area contributed by atoms with E-state index in [1.54, 1.807) is 18.2 Å². The second-order valence-corrected chi connectivity index (χ2v) is 13.6. The lowest BCUT2D eigenvalue weighted by atomic mass is 9.80. The van der Waals surface area contributed by atoms with E-state index in [2.05, 4.69) is 26.1 Å². The number of carbonyl (C=O) groups is 1. The first-order chi connectivity index (χ1) is 23.7. The van der Waals surface area contributed by atoms with Crippen molar-refractivity contribution in [3.05, 3.63) is 47.7 Å². The van der Waals surface area contributed by atoms with Gasteiger partial charge in [0.1, 0.15) is 41.4 Å². The predicted molar refractivity (Wildman–Crippen MR) is 176 cm³/mol. The summed E-state index contributed by atoms with van der Waals surface area (Å²) in [5.41, 5.74) is -0.844. The van der Waals surface area contributed by atoms with E-state index < -0.39 is 23.3 Å². The van der Waals surface area contributed by atoms with Crippen molar-refractivity contribution in [3.8, 4) is 35.4 Å². The third-order valence-electron chi connectivity index (χ3n) is 10.4. The highest BCUT2D eigenvalue weighted by Crippen LogP contribution is 2.42. The van der Waals surface area contributed by atoms with Crippen molar-refractivity contribution in [2.75, 3.05) is 51.6 Å². The average molecular weight is 673 g/mol. The van der Waals surface area contributed by atoms with Gasteiger partial charge in [0.05, 0.1) is 28.4 Å². The van der Waals surface area contributed by atoms with Crippen molar-refractivity contribution in [2.24, 2.45) is 0 Å². The highest BCUT2D eigenvalue weighted by molar-refractivity contribution is 6.03. The number of aromatic nitrogens is 3. The summed E-state index contributed by atoms with van der Waals surface area (Å²) in [6, 6.07) is 5.98. The molecule has 6 heterocycles. The van der Waals surface area contributed by atoms with Gasteiger partial charge in [-0.25, -0.2) is 13.2 Å². The molecule has 3 atom stereocenters. The third kappa shape index (κ3) is 5.38. The lowest BCUT2D eigenvalue weighted by Crippen LogP contribution is -2.68. The van der Waals surface area contributed by atoms with Crippen LogP contribution in [0.4, 0.5) is 19.0 Å². The van der Waals surface area contributed by atoms with Gasteiger partial charge in [-0.05, 0) is 55.8 Å². The second-order valence-electron chi connectivity index (χ2n) is 13.6. The van der Waals surface area contributed by atoms with E-state index in [1.165, 1.54) is 19.4 Å². The van der Waals surface area contributed by atoms with Gasteiger partial charge in [0.25, 0.3) is 0 Å². The maximum atomic E-state index is 17.1. The summed E-state index contributed by atoms with van der Waals surface area (Å²) < 4.78 is 63.7. The number of carbonyl (C=O) groups excluding carboxylic acids is 1. The first-order valence-corrected chi connectivity index (χ1v) is 16.5. The van der Waals surface area contributed by atoms with Gasteiger partial charge in [-0.1, -0.05) is 12.0 Å². The van der Waals surface area contributed by atoms with Crippen LogP contribution < -0.4 is 19.7 Å². The number of benzene rings is 2. The van der Waals surface area contributed by atoms with Gasteiger partial charge >= 0.3 is 6.01 Å². The first kappa shape index (κ1) is 31.6. The molecule has 49 heavy (non-hydrogen) atoms. The Hall–Kier alpha value is -4.67. The normalized spacial score (nSPS) is 25.0. The zero-order chi connectivity index (χ0) is 33.9. The minimum absolute atomic E-state index is 0.00872. The van der Waals surface area contributed by atoms with Crippen LogP contribution in [0, 0.1) is 24.0 Å². The van der Waals surface area contributed by atoms with E-state index in [9.17, 15) is 9.18 Å². The summed E-state index contributed by atoms with van der Waals surface area (Å²) in [6.07, 6.45) is 10.4. The van der Waals surface area contributed by atoms with Crippen molar-refractivity contribution in [2.45, 2.75) is 55.8 Å². The number of terminal acetylenes is 1. The molecule has 1 unspecified atom stereocenters. The molecule has 0 radical (unpaired) electrons. The fourth-order valence-electron chi connectivity index (χ4n) is 8.26. The second kappa shape index (κ2) is 12.0. The third-order valence-corrected chi connectivity index (χ3v) is 10.4. The number of nitrogens with one attached hydrogen (secondary N) is 1. The van der Waals surface area contributed by atoms with Gasteiger partial charge in [-0.15, -0.1) is 6.42 Å². The number of hydrogen-bond acceptors (Lipinski definition) is 9. The Labute approximate surface area is 280 Å². The van der Waals surface area contributed by atoms with Crippen LogP contribution in [0.2, 0.25) is 0 Å². The van der Waals surface area contributed by atoms with E-state index in [0.717, 1.165) is 32.2 Å². The lowest BCUT2D eigenvalue weighted by Gasteiger charge is -2.49. The molecule has 2 aromatic carbocycles. The van der Waals surface area contributed by atoms with E-state index in [-0.39, 0.29) is 53.2 Å². The van der Waals surface area contributed by atoms with E-state index in [1.807, 2.05) is 4.90 Å². The number of nitrogens with zero attached hydrogens (tertiary/aromatic N) is 5. The molecule has 0 saturated carbocycles. The average Bonchev–Trinajstić information content (AvgIpc) is 3.61. The number of anilines is 1. The number of amides is 1. The Bertz CT molecular complexity index is 2030. The molecule has 4 aliphatic heterocycles. The number of halogens is 3. The molecule has 0 bridgehead atoms. The summed E-state index contributed by atoms with van der Waals surface area (Å²) >= 11 is 0. The molecule has 8 rings (SSSR count). The molecule has 4 aliphatic rings. The maximum absolute atomic E-state index is 17.1. The van der Waals surface area contributed by atoms with Crippen molar-refractivity contribution in [1.29, 1.82) is 0 Å². The van der Waals surface area contributed by atoms with Crippen LogP contribution in [-0.2, 0) is 9.53 Å². The van der Waals surface area contributed by atoms with Crippen LogP contribution in [0.5, 0.6) is 11.8 Å². The van der Waals surface area contributed by atoms with Crippen molar-refractivity contribution < 1.29 is 32.2 Å². The molecule has 1 spiro atoms. The van der Waals surface area contributed by atoms with E-state index in [4.69, 9.17) is 25.6 Å². The van der Waals surface area contributed by atoms with Gasteiger partial charge < -0.3 is 24.4 Å². The van der Waals surface area contributed by atoms with Gasteiger partial charge in [0.2, 0.25) is 5.91 Å². The summed E-state index contributed by atoms with van der Waals surface area (Å²) in [5.74, 6) is 1.76. The van der Waals surface area contributed by atoms with Crippen LogP contribution >= 0.6 is 0 Å². The largest absolute Gasteiger partial charge is 0.468 e. The Balaban J connectivity index is 1.27. The lowest BCUT2D eigenvalue weighted by molar-refractivity contribution is -0.133. The fourth-order valence-corrected chi connectivity index (χ4v) is 8.26. The standard InChI is InChI=1S/C36H35F3N6O4/c1-3-24-27(38)7-6-21-12-23(49-20-47-2)13-25(29(21)24)31-30(39)32-26(16-40-31)33(44-10-4-8-35(18-44)15-28(46)43-35)42-34(41-32)48-19-36-9-5-11-45(36)17-22(37)14-36/h1,6-7,12-13,16,22H,4-5,8-11,14-15,17-20H2,2H3,(H,43,46)/t22-,35?,36+/m1/s1. The summed E-state index contributed by atoms with van der Waals surface area (Å²) in [5, 5.41) is 4.22. The van der Waals surface area contributed by atoms with Gasteiger partial charge in [0.15, 0.2) is 12.6 Å². The van der Waals surface area contributed by atoms with Crippen LogP contribution in [0.15, 0.2) is 30.5 Å². The molecule has 4 saturated heterocycles. The quantitative estimate of drug-likeness (QED) is 0.159. The molecule has 4 fully saturated rings. The smallest absolute Gasteiger partial charge is 0.319 e. The summed E-state index contributed by atoms with van der Waals surface area (Å²) in [4.78, 5) is 30.0. The molecule has 4 aromatic rings. The Morgan fingerprint density at radius 3 is 2.78 bits per heavy atom. The topological polar surface area (TPSA) is 102 Å². The Kier molecular flexibility index (Phi) is 7.76. The molecule has 13 heteroatoms. The van der Waals surface area contributed by atoms with E-state index in [0.29, 0.717) is 60.2 Å². The first-order valence-electron chi connectivity index (χ1n) is 16.5. The number of alkyl halides is 1. The predicted octanol–water partition coefficient (Wildman–Crippen LogP) is 4.90. The number of fused-ring (bicyclic) bond motifs is 3. The summed E-state index contributed by atoms with van der Waals surface area (Å²) in [7, 11) is 1.48. The molecule has 1 amide bonds.